The lowest BCUT2D eigenvalue weighted by Crippen LogP contribution is -2.46. The first-order valence-electron chi connectivity index (χ1n) is 10.1. The van der Waals surface area contributed by atoms with Crippen LogP contribution in [-0.4, -0.2) is 51.3 Å². The molecule has 0 N–H and O–H groups in total. The predicted octanol–water partition coefficient (Wildman–Crippen LogP) is 3.91. The van der Waals surface area contributed by atoms with Crippen molar-refractivity contribution in [1.29, 1.82) is 0 Å². The van der Waals surface area contributed by atoms with E-state index in [9.17, 15) is 0 Å². The van der Waals surface area contributed by atoms with Crippen LogP contribution >= 0.6 is 0 Å². The van der Waals surface area contributed by atoms with Gasteiger partial charge in [0.15, 0.2) is 0 Å². The molecule has 2 aliphatic heterocycles. The van der Waals surface area contributed by atoms with E-state index in [2.05, 4.69) is 46.2 Å². The van der Waals surface area contributed by atoms with E-state index in [4.69, 9.17) is 9.47 Å². The molecule has 0 bridgehead atoms. The second-order valence-corrected chi connectivity index (χ2v) is 7.48. The lowest BCUT2D eigenvalue weighted by molar-refractivity contribution is 0.0332. The van der Waals surface area contributed by atoms with E-state index < -0.39 is 0 Å². The summed E-state index contributed by atoms with van der Waals surface area (Å²) in [5.74, 6) is 0.920. The van der Waals surface area contributed by atoms with Crippen LogP contribution in [-0.2, 0) is 11.2 Å². The summed E-state index contributed by atoms with van der Waals surface area (Å²) in [5, 5.41) is 0. The minimum absolute atomic E-state index is 0.288. The molecule has 27 heavy (non-hydrogen) atoms. The third-order valence-electron chi connectivity index (χ3n) is 5.84. The first-order chi connectivity index (χ1) is 13.3. The van der Waals surface area contributed by atoms with Gasteiger partial charge in [-0.05, 0) is 61.2 Å². The Morgan fingerprint density at radius 2 is 1.78 bits per heavy atom. The van der Waals surface area contributed by atoms with Crippen LogP contribution in [0.4, 0.5) is 5.69 Å². The molecule has 2 aromatic carbocycles. The van der Waals surface area contributed by atoms with Crippen molar-refractivity contribution in [2.75, 3.05) is 51.3 Å². The van der Waals surface area contributed by atoms with Crippen molar-refractivity contribution in [2.45, 2.75) is 25.4 Å². The largest absolute Gasteiger partial charge is 0.497 e. The lowest BCUT2D eigenvalue weighted by Gasteiger charge is -2.36. The summed E-state index contributed by atoms with van der Waals surface area (Å²) >= 11 is 0. The number of hydrogen-bond acceptors (Lipinski definition) is 4. The highest BCUT2D eigenvalue weighted by Gasteiger charge is 2.21. The fourth-order valence-corrected chi connectivity index (χ4v) is 4.24. The van der Waals surface area contributed by atoms with Crippen LogP contribution in [0, 0.1) is 0 Å². The van der Waals surface area contributed by atoms with Crippen LogP contribution in [0.1, 0.15) is 30.1 Å². The van der Waals surface area contributed by atoms with Crippen molar-refractivity contribution >= 4 is 5.69 Å². The van der Waals surface area contributed by atoms with Gasteiger partial charge < -0.3 is 14.4 Å². The number of fused-ring (bicyclic) bond motifs is 1. The van der Waals surface area contributed by atoms with Gasteiger partial charge in [0.2, 0.25) is 0 Å². The molecule has 1 atom stereocenters. The van der Waals surface area contributed by atoms with Crippen molar-refractivity contribution in [3.8, 4) is 5.75 Å². The van der Waals surface area contributed by atoms with Crippen LogP contribution < -0.4 is 9.64 Å². The zero-order valence-electron chi connectivity index (χ0n) is 16.3. The Kier molecular flexibility index (Phi) is 5.95. The molecule has 0 aliphatic carbocycles. The molecule has 4 nitrogen and oxygen atoms in total. The molecule has 0 aromatic heterocycles. The molecule has 1 fully saturated rings. The zero-order chi connectivity index (χ0) is 18.5. The van der Waals surface area contributed by atoms with Crippen LogP contribution in [0.25, 0.3) is 0 Å². The summed E-state index contributed by atoms with van der Waals surface area (Å²) in [4.78, 5) is 5.06. The van der Waals surface area contributed by atoms with Crippen molar-refractivity contribution in [2.24, 2.45) is 0 Å². The maximum absolute atomic E-state index is 6.05. The van der Waals surface area contributed by atoms with Gasteiger partial charge in [-0.3, -0.25) is 4.90 Å². The van der Waals surface area contributed by atoms with Crippen LogP contribution in [0.15, 0.2) is 48.5 Å². The van der Waals surface area contributed by atoms with Crippen molar-refractivity contribution in [1.82, 2.24) is 4.90 Å². The second-order valence-electron chi connectivity index (χ2n) is 7.48. The summed E-state index contributed by atoms with van der Waals surface area (Å²) in [5.41, 5.74) is 4.18. The summed E-state index contributed by atoms with van der Waals surface area (Å²) in [6.07, 6.45) is 3.66. The van der Waals surface area contributed by atoms with E-state index in [1.165, 1.54) is 29.8 Å². The highest BCUT2D eigenvalue weighted by molar-refractivity contribution is 5.49. The quantitative estimate of drug-likeness (QED) is 0.774. The Morgan fingerprint density at radius 1 is 1.00 bits per heavy atom. The molecular weight excluding hydrogens is 336 g/mol. The van der Waals surface area contributed by atoms with Gasteiger partial charge in [-0.25, -0.2) is 0 Å². The maximum atomic E-state index is 6.05. The topological polar surface area (TPSA) is 24.9 Å². The molecule has 0 radical (unpaired) electrons. The van der Waals surface area contributed by atoms with E-state index in [0.29, 0.717) is 0 Å². The fourth-order valence-electron chi connectivity index (χ4n) is 4.24. The van der Waals surface area contributed by atoms with Gasteiger partial charge in [-0.1, -0.05) is 24.3 Å². The SMILES string of the molecule is COc1ccc(N2CCN(CCCC3OCCc4ccccc43)CC2)cc1. The molecule has 0 saturated carbocycles. The molecule has 2 aromatic rings. The smallest absolute Gasteiger partial charge is 0.119 e. The number of piperazine rings is 1. The first-order valence-corrected chi connectivity index (χ1v) is 10.1. The minimum Gasteiger partial charge on any atom is -0.497 e. The molecule has 2 heterocycles. The standard InChI is InChI=1S/C23H30N2O2/c1-26-21-10-8-20(9-11-21)25-16-14-24(15-17-25)13-4-7-23-22-6-3-2-5-19(22)12-18-27-23/h2-3,5-6,8-11,23H,4,7,12-18H2,1H3. The molecule has 2 aliphatic rings. The number of rotatable bonds is 6. The van der Waals surface area contributed by atoms with Crippen molar-refractivity contribution in [3.63, 3.8) is 0 Å². The molecule has 1 saturated heterocycles. The molecule has 4 rings (SSSR count). The van der Waals surface area contributed by atoms with Gasteiger partial charge in [-0.15, -0.1) is 0 Å². The van der Waals surface area contributed by atoms with Gasteiger partial charge in [-0.2, -0.15) is 0 Å². The zero-order valence-corrected chi connectivity index (χ0v) is 16.3. The van der Waals surface area contributed by atoms with Crippen molar-refractivity contribution < 1.29 is 9.47 Å². The van der Waals surface area contributed by atoms with Gasteiger partial charge in [0.25, 0.3) is 0 Å². The summed E-state index contributed by atoms with van der Waals surface area (Å²) in [6, 6.07) is 17.2. The van der Waals surface area contributed by atoms with Gasteiger partial charge in [0.05, 0.1) is 19.8 Å². The number of methoxy groups -OCH3 is 1. The number of ether oxygens (including phenoxy) is 2. The van der Waals surface area contributed by atoms with Crippen LogP contribution in [0.5, 0.6) is 5.75 Å². The molecule has 144 valence electrons. The lowest BCUT2D eigenvalue weighted by atomic mass is 9.95. The normalized spacial score (nSPS) is 20.3. The Labute approximate surface area is 162 Å². The van der Waals surface area contributed by atoms with E-state index >= 15 is 0 Å². The number of benzene rings is 2. The van der Waals surface area contributed by atoms with Crippen LogP contribution in [0.3, 0.4) is 0 Å². The van der Waals surface area contributed by atoms with Crippen LogP contribution in [0.2, 0.25) is 0 Å². The highest BCUT2D eigenvalue weighted by atomic mass is 16.5. The maximum Gasteiger partial charge on any atom is 0.119 e. The summed E-state index contributed by atoms with van der Waals surface area (Å²) in [7, 11) is 1.71. The Hall–Kier alpha value is -2.04. The number of anilines is 1. The average Bonchev–Trinajstić information content (AvgIpc) is 2.74. The highest BCUT2D eigenvalue weighted by Crippen LogP contribution is 2.30. The Morgan fingerprint density at radius 3 is 2.56 bits per heavy atom. The van der Waals surface area contributed by atoms with Gasteiger partial charge in [0.1, 0.15) is 5.75 Å². The second kappa shape index (κ2) is 8.77. The Balaban J connectivity index is 1.22. The minimum atomic E-state index is 0.288. The third-order valence-corrected chi connectivity index (χ3v) is 5.84. The summed E-state index contributed by atoms with van der Waals surface area (Å²) < 4.78 is 11.3. The fraction of sp³-hybridized carbons (Fsp3) is 0.478. The first kappa shape index (κ1) is 18.3. The van der Waals surface area contributed by atoms with Gasteiger partial charge in [0, 0.05) is 31.9 Å². The molecule has 0 spiro atoms. The molecule has 1 unspecified atom stereocenters. The van der Waals surface area contributed by atoms with E-state index in [0.717, 1.165) is 51.4 Å². The number of hydrogen-bond donors (Lipinski definition) is 0. The average molecular weight is 367 g/mol. The van der Waals surface area contributed by atoms with Gasteiger partial charge >= 0.3 is 0 Å². The molecular formula is C23H30N2O2. The van der Waals surface area contributed by atoms with Crippen molar-refractivity contribution in [3.05, 3.63) is 59.7 Å². The Bertz CT molecular complexity index is 723. The van der Waals surface area contributed by atoms with E-state index in [1.807, 2.05) is 12.1 Å². The summed E-state index contributed by atoms with van der Waals surface area (Å²) in [6.45, 7) is 6.48. The predicted molar refractivity (Wildman–Crippen MR) is 110 cm³/mol. The molecule has 4 heteroatoms. The number of nitrogens with zero attached hydrogens (tertiary/aromatic N) is 2. The van der Waals surface area contributed by atoms with E-state index in [1.54, 1.807) is 7.11 Å². The monoisotopic (exact) mass is 366 g/mol. The van der Waals surface area contributed by atoms with E-state index in [-0.39, 0.29) is 6.10 Å². The molecule has 0 amide bonds. The third kappa shape index (κ3) is 4.45.